The molecule has 0 aromatic heterocycles. The maximum atomic E-state index is 14.3. The molecule has 0 saturated heterocycles. The van der Waals surface area contributed by atoms with E-state index in [-0.39, 0.29) is 37.2 Å². The van der Waals surface area contributed by atoms with Gasteiger partial charge in [0.1, 0.15) is 0 Å². The van der Waals surface area contributed by atoms with Gasteiger partial charge in [0, 0.05) is 6.54 Å². The maximum absolute atomic E-state index is 14.3. The first-order valence-electron chi connectivity index (χ1n) is 7.11. The van der Waals surface area contributed by atoms with Crippen LogP contribution in [0, 0.1) is 17.2 Å². The van der Waals surface area contributed by atoms with Gasteiger partial charge >= 0.3 is 5.97 Å². The van der Waals surface area contributed by atoms with Crippen molar-refractivity contribution >= 4 is 5.97 Å². The number of carbonyl (C=O) groups excluding carboxylic acids is 1. The minimum atomic E-state index is -0.941. The van der Waals surface area contributed by atoms with Gasteiger partial charge in [-0.15, -0.1) is 0 Å². The van der Waals surface area contributed by atoms with Crippen LogP contribution in [0.3, 0.4) is 0 Å². The molecule has 0 radical (unpaired) electrons. The predicted molar refractivity (Wildman–Crippen MR) is 79.6 cm³/mol. The molecule has 0 aliphatic carbocycles. The van der Waals surface area contributed by atoms with E-state index in [1.54, 1.807) is 25.1 Å². The average molecular weight is 297 g/mol. The van der Waals surface area contributed by atoms with Crippen molar-refractivity contribution in [1.29, 1.82) is 0 Å². The van der Waals surface area contributed by atoms with Gasteiger partial charge in [0.15, 0.2) is 11.6 Å². The van der Waals surface area contributed by atoms with Crippen molar-refractivity contribution in [2.24, 2.45) is 17.1 Å². The minimum absolute atomic E-state index is 0.0767. The molecule has 0 aliphatic heterocycles. The lowest BCUT2D eigenvalue weighted by molar-refractivity contribution is -0.157. The largest absolute Gasteiger partial charge is 0.494 e. The molecule has 118 valence electrons. The van der Waals surface area contributed by atoms with Gasteiger partial charge in [-0.3, -0.25) is 4.79 Å². The molecule has 1 aromatic rings. The molecule has 1 aromatic carbocycles. The normalized spacial score (nSPS) is 13.9. The predicted octanol–water partition coefficient (Wildman–Crippen LogP) is 2.54. The number of methoxy groups -OCH3 is 1. The highest BCUT2D eigenvalue weighted by Gasteiger charge is 2.42. The average Bonchev–Trinajstić information content (AvgIpc) is 2.46. The van der Waals surface area contributed by atoms with Crippen LogP contribution in [0.25, 0.3) is 0 Å². The highest BCUT2D eigenvalue weighted by atomic mass is 19.1. The Morgan fingerprint density at radius 2 is 2.10 bits per heavy atom. The zero-order valence-corrected chi connectivity index (χ0v) is 13.1. The van der Waals surface area contributed by atoms with Gasteiger partial charge in [0.2, 0.25) is 0 Å². The molecule has 2 N–H and O–H groups in total. The minimum Gasteiger partial charge on any atom is -0.494 e. The Hall–Kier alpha value is -1.62. The van der Waals surface area contributed by atoms with Crippen LogP contribution in [0.15, 0.2) is 18.2 Å². The van der Waals surface area contributed by atoms with E-state index < -0.39 is 11.2 Å². The number of ether oxygens (including phenoxy) is 2. The third kappa shape index (κ3) is 3.53. The second-order valence-electron chi connectivity index (χ2n) is 5.35. The lowest BCUT2D eigenvalue weighted by Crippen LogP contribution is -2.46. The molecular weight excluding hydrogens is 273 g/mol. The van der Waals surface area contributed by atoms with E-state index in [0.29, 0.717) is 5.56 Å². The third-order valence-electron chi connectivity index (χ3n) is 3.92. The zero-order chi connectivity index (χ0) is 16.0. The number of nitrogens with two attached hydrogens (primary N) is 1. The Labute approximate surface area is 125 Å². The fourth-order valence-corrected chi connectivity index (χ4v) is 2.37. The van der Waals surface area contributed by atoms with Crippen LogP contribution in [0.5, 0.6) is 5.75 Å². The fourth-order valence-electron chi connectivity index (χ4n) is 2.37. The molecule has 0 bridgehead atoms. The highest BCUT2D eigenvalue weighted by molar-refractivity contribution is 5.78. The number of carbonyl (C=O) groups is 1. The van der Waals surface area contributed by atoms with Gasteiger partial charge in [0.25, 0.3) is 0 Å². The van der Waals surface area contributed by atoms with Gasteiger partial charge in [-0.25, -0.2) is 4.39 Å². The number of halogens is 1. The lowest BCUT2D eigenvalue weighted by Gasteiger charge is -2.34. The first-order valence-corrected chi connectivity index (χ1v) is 7.11. The summed E-state index contributed by atoms with van der Waals surface area (Å²) in [4.78, 5) is 12.4. The quantitative estimate of drug-likeness (QED) is 0.786. The van der Waals surface area contributed by atoms with Gasteiger partial charge in [-0.2, -0.15) is 0 Å². The zero-order valence-electron chi connectivity index (χ0n) is 13.1. The van der Waals surface area contributed by atoms with Crippen LogP contribution in [0.2, 0.25) is 0 Å². The van der Waals surface area contributed by atoms with Crippen molar-refractivity contribution in [1.82, 2.24) is 0 Å². The Balaban J connectivity index is 3.21. The van der Waals surface area contributed by atoms with E-state index in [2.05, 4.69) is 0 Å². The smallest absolute Gasteiger partial charge is 0.313 e. The molecular formula is C16H24FNO3. The molecule has 21 heavy (non-hydrogen) atoms. The van der Waals surface area contributed by atoms with Crippen molar-refractivity contribution in [2.75, 3.05) is 20.3 Å². The van der Waals surface area contributed by atoms with Crippen molar-refractivity contribution < 1.29 is 18.7 Å². The summed E-state index contributed by atoms with van der Waals surface area (Å²) in [6, 6.07) is 4.89. The molecule has 1 rings (SSSR count). The first kappa shape index (κ1) is 17.4. The Bertz CT molecular complexity index is 490. The maximum Gasteiger partial charge on any atom is 0.313 e. The summed E-state index contributed by atoms with van der Waals surface area (Å²) < 4.78 is 24.5. The van der Waals surface area contributed by atoms with Crippen LogP contribution < -0.4 is 10.5 Å². The fraction of sp³-hybridized carbons (Fsp3) is 0.562. The van der Waals surface area contributed by atoms with E-state index in [1.165, 1.54) is 7.11 Å². The number of esters is 1. The van der Waals surface area contributed by atoms with Crippen molar-refractivity contribution in [2.45, 2.75) is 27.2 Å². The molecule has 0 amide bonds. The Morgan fingerprint density at radius 1 is 1.43 bits per heavy atom. The number of benzene rings is 1. The van der Waals surface area contributed by atoms with Crippen LogP contribution >= 0.6 is 0 Å². The molecule has 0 fully saturated rings. The number of hydrogen-bond acceptors (Lipinski definition) is 4. The van der Waals surface area contributed by atoms with Gasteiger partial charge in [-0.1, -0.05) is 26.0 Å². The number of rotatable bonds is 7. The molecule has 1 unspecified atom stereocenters. The summed E-state index contributed by atoms with van der Waals surface area (Å²) >= 11 is 0. The molecule has 5 heteroatoms. The van der Waals surface area contributed by atoms with E-state index in [1.807, 2.05) is 13.8 Å². The van der Waals surface area contributed by atoms with E-state index >= 15 is 0 Å². The van der Waals surface area contributed by atoms with Crippen molar-refractivity contribution in [3.05, 3.63) is 29.6 Å². The molecule has 0 spiro atoms. The summed E-state index contributed by atoms with van der Waals surface area (Å²) in [5, 5.41) is 0. The highest BCUT2D eigenvalue weighted by Crippen LogP contribution is 2.34. The second kappa shape index (κ2) is 7.41. The summed E-state index contributed by atoms with van der Waals surface area (Å²) in [7, 11) is 1.41. The lowest BCUT2D eigenvalue weighted by atomic mass is 9.72. The number of hydrogen-bond donors (Lipinski definition) is 1. The first-order chi connectivity index (χ1) is 9.92. The summed E-state index contributed by atoms with van der Waals surface area (Å²) in [6.45, 7) is 5.89. The standard InChI is InChI=1S/C16H24FNO3/c1-5-21-15(19)16(10-18,11(2)3)9-12-7-6-8-13(20-4)14(12)17/h6-8,11H,5,9-10,18H2,1-4H3. The van der Waals surface area contributed by atoms with E-state index in [0.717, 1.165) is 0 Å². The monoisotopic (exact) mass is 297 g/mol. The van der Waals surface area contributed by atoms with Crippen LogP contribution in [0.4, 0.5) is 4.39 Å². The Morgan fingerprint density at radius 3 is 2.57 bits per heavy atom. The summed E-state index contributed by atoms with van der Waals surface area (Å²) in [5.41, 5.74) is 5.32. The van der Waals surface area contributed by atoms with Crippen molar-refractivity contribution in [3.63, 3.8) is 0 Å². The Kier molecular flexibility index (Phi) is 6.15. The molecule has 4 nitrogen and oxygen atoms in total. The van der Waals surface area contributed by atoms with Crippen LogP contribution in [-0.2, 0) is 16.0 Å². The molecule has 0 saturated carbocycles. The van der Waals surface area contributed by atoms with Gasteiger partial charge < -0.3 is 15.2 Å². The third-order valence-corrected chi connectivity index (χ3v) is 3.92. The molecule has 0 aliphatic rings. The van der Waals surface area contributed by atoms with Crippen LogP contribution in [0.1, 0.15) is 26.3 Å². The summed E-state index contributed by atoms with van der Waals surface area (Å²) in [6.07, 6.45) is 0.184. The van der Waals surface area contributed by atoms with Gasteiger partial charge in [-0.05, 0) is 30.9 Å². The SMILES string of the molecule is CCOC(=O)C(CN)(Cc1cccc(OC)c1F)C(C)C. The van der Waals surface area contributed by atoms with E-state index in [4.69, 9.17) is 15.2 Å². The van der Waals surface area contributed by atoms with Crippen LogP contribution in [-0.4, -0.2) is 26.2 Å². The molecule has 0 heterocycles. The summed E-state index contributed by atoms with van der Waals surface area (Å²) in [5.74, 6) is -0.759. The van der Waals surface area contributed by atoms with E-state index in [9.17, 15) is 9.18 Å². The topological polar surface area (TPSA) is 61.5 Å². The van der Waals surface area contributed by atoms with Crippen molar-refractivity contribution in [3.8, 4) is 5.75 Å². The molecule has 1 atom stereocenters. The second-order valence-corrected chi connectivity index (χ2v) is 5.35. The van der Waals surface area contributed by atoms with Gasteiger partial charge in [0.05, 0.1) is 19.1 Å².